The Labute approximate surface area is 128 Å². The lowest BCUT2D eigenvalue weighted by Crippen LogP contribution is -2.34. The smallest absolute Gasteiger partial charge is 0.256 e. The van der Waals surface area contributed by atoms with Crippen molar-refractivity contribution in [1.82, 2.24) is 0 Å². The van der Waals surface area contributed by atoms with Crippen LogP contribution in [0.2, 0.25) is 0 Å². The van der Waals surface area contributed by atoms with Gasteiger partial charge in [-0.25, -0.2) is 4.90 Å². The van der Waals surface area contributed by atoms with Gasteiger partial charge in [-0.15, -0.1) is 0 Å². The maximum Gasteiger partial charge on any atom is 0.256 e. The maximum absolute atomic E-state index is 12.5. The number of carbonyl (C=O) groups is 2. The van der Waals surface area contributed by atoms with Crippen LogP contribution in [0.15, 0.2) is 54.6 Å². The highest BCUT2D eigenvalue weighted by atomic mass is 16.5. The van der Waals surface area contributed by atoms with E-state index in [9.17, 15) is 9.59 Å². The number of anilines is 2. The van der Waals surface area contributed by atoms with Crippen LogP contribution in [0.1, 0.15) is 6.42 Å². The number of para-hydroxylation sites is 1. The fraction of sp³-hybridized carbons (Fsp3) is 0.176. The third-order valence-electron chi connectivity index (χ3n) is 3.59. The first-order valence-corrected chi connectivity index (χ1v) is 7.01. The normalized spacial score (nSPS) is 17.7. The molecule has 0 aliphatic carbocycles. The Morgan fingerprint density at radius 1 is 1.05 bits per heavy atom. The van der Waals surface area contributed by atoms with Crippen molar-refractivity contribution in [3.05, 3.63) is 54.6 Å². The van der Waals surface area contributed by atoms with E-state index in [1.807, 2.05) is 30.3 Å². The molecular formula is C17H16N2O3. The molecule has 2 aromatic rings. The minimum atomic E-state index is -0.531. The largest absolute Gasteiger partial charge is 0.497 e. The third kappa shape index (κ3) is 2.65. The van der Waals surface area contributed by atoms with Crippen LogP contribution < -0.4 is 15.0 Å². The van der Waals surface area contributed by atoms with Gasteiger partial charge >= 0.3 is 0 Å². The molecule has 0 bridgehead atoms. The summed E-state index contributed by atoms with van der Waals surface area (Å²) in [5.74, 6) is 0.240. The van der Waals surface area contributed by atoms with Crippen molar-refractivity contribution in [2.45, 2.75) is 12.5 Å². The number of nitrogens with one attached hydrogen (secondary N) is 1. The van der Waals surface area contributed by atoms with Gasteiger partial charge in [-0.2, -0.15) is 0 Å². The molecule has 5 heteroatoms. The summed E-state index contributed by atoms with van der Waals surface area (Å²) in [5.41, 5.74) is 1.39. The van der Waals surface area contributed by atoms with E-state index in [4.69, 9.17) is 4.74 Å². The first-order valence-electron chi connectivity index (χ1n) is 7.01. The second kappa shape index (κ2) is 5.89. The number of imide groups is 1. The zero-order valence-corrected chi connectivity index (χ0v) is 12.2. The van der Waals surface area contributed by atoms with Gasteiger partial charge in [0.25, 0.3) is 5.91 Å². The van der Waals surface area contributed by atoms with E-state index in [1.165, 1.54) is 4.90 Å². The molecule has 1 fully saturated rings. The molecule has 22 heavy (non-hydrogen) atoms. The number of methoxy groups -OCH3 is 1. The summed E-state index contributed by atoms with van der Waals surface area (Å²) in [6, 6.07) is 15.7. The van der Waals surface area contributed by atoms with E-state index in [1.54, 1.807) is 31.4 Å². The van der Waals surface area contributed by atoms with Crippen molar-refractivity contribution in [2.24, 2.45) is 0 Å². The summed E-state index contributed by atoms with van der Waals surface area (Å²) in [4.78, 5) is 25.9. The Hall–Kier alpha value is -2.82. The third-order valence-corrected chi connectivity index (χ3v) is 3.59. The fourth-order valence-electron chi connectivity index (χ4n) is 2.48. The van der Waals surface area contributed by atoms with Gasteiger partial charge in [-0.3, -0.25) is 9.59 Å². The molecular weight excluding hydrogens is 280 g/mol. The Balaban J connectivity index is 1.79. The molecule has 0 saturated carbocycles. The first kappa shape index (κ1) is 14.1. The molecule has 5 nitrogen and oxygen atoms in total. The molecule has 1 aliphatic rings. The summed E-state index contributed by atoms with van der Waals surface area (Å²) in [5, 5.41) is 3.11. The highest BCUT2D eigenvalue weighted by molar-refractivity contribution is 6.23. The standard InChI is InChI=1S/C17H16N2O3/c1-22-14-9-7-13(8-10-14)19-16(20)11-15(17(19)21)18-12-5-3-2-4-6-12/h2-10,15,18H,11H2,1H3. The molecule has 1 aliphatic heterocycles. The Bertz CT molecular complexity index is 683. The molecule has 112 valence electrons. The highest BCUT2D eigenvalue weighted by Crippen LogP contribution is 2.26. The molecule has 1 N–H and O–H groups in total. The van der Waals surface area contributed by atoms with Crippen LogP contribution in [0.25, 0.3) is 0 Å². The van der Waals surface area contributed by atoms with Gasteiger partial charge in [-0.05, 0) is 36.4 Å². The summed E-state index contributed by atoms with van der Waals surface area (Å²) in [7, 11) is 1.57. The molecule has 1 unspecified atom stereocenters. The topological polar surface area (TPSA) is 58.6 Å². The van der Waals surface area contributed by atoms with Crippen LogP contribution in [0.3, 0.4) is 0 Å². The van der Waals surface area contributed by atoms with Crippen LogP contribution in [-0.2, 0) is 9.59 Å². The van der Waals surface area contributed by atoms with Gasteiger partial charge in [0, 0.05) is 5.69 Å². The maximum atomic E-state index is 12.5. The number of hydrogen-bond acceptors (Lipinski definition) is 4. The van der Waals surface area contributed by atoms with Gasteiger partial charge in [0.15, 0.2) is 0 Å². The van der Waals surface area contributed by atoms with Crippen LogP contribution in [-0.4, -0.2) is 25.0 Å². The number of nitrogens with zero attached hydrogens (tertiary/aromatic N) is 1. The predicted octanol–water partition coefficient (Wildman–Crippen LogP) is 2.44. The number of rotatable bonds is 4. The molecule has 0 spiro atoms. The van der Waals surface area contributed by atoms with E-state index < -0.39 is 6.04 Å². The monoisotopic (exact) mass is 296 g/mol. The van der Waals surface area contributed by atoms with Gasteiger partial charge in [0.1, 0.15) is 11.8 Å². The number of benzene rings is 2. The molecule has 1 saturated heterocycles. The van der Waals surface area contributed by atoms with Gasteiger partial charge in [0.2, 0.25) is 5.91 Å². The predicted molar refractivity (Wildman–Crippen MR) is 84.0 cm³/mol. The summed E-state index contributed by atoms with van der Waals surface area (Å²) >= 11 is 0. The minimum Gasteiger partial charge on any atom is -0.497 e. The van der Waals surface area contributed by atoms with Crippen molar-refractivity contribution in [1.29, 1.82) is 0 Å². The number of amides is 2. The van der Waals surface area contributed by atoms with Crippen molar-refractivity contribution in [3.8, 4) is 5.75 Å². The molecule has 3 rings (SSSR count). The summed E-state index contributed by atoms with van der Waals surface area (Å²) in [6.07, 6.45) is 0.153. The molecule has 2 aromatic carbocycles. The average molecular weight is 296 g/mol. The molecule has 1 atom stereocenters. The second-order valence-electron chi connectivity index (χ2n) is 5.03. The van der Waals surface area contributed by atoms with Crippen molar-refractivity contribution >= 4 is 23.2 Å². The van der Waals surface area contributed by atoms with Crippen molar-refractivity contribution in [2.75, 3.05) is 17.3 Å². The zero-order valence-electron chi connectivity index (χ0n) is 12.2. The number of ether oxygens (including phenoxy) is 1. The van der Waals surface area contributed by atoms with E-state index >= 15 is 0 Å². The molecule has 2 amide bonds. The fourth-order valence-corrected chi connectivity index (χ4v) is 2.48. The highest BCUT2D eigenvalue weighted by Gasteiger charge is 2.39. The van der Waals surface area contributed by atoms with E-state index in [0.29, 0.717) is 11.4 Å². The number of hydrogen-bond donors (Lipinski definition) is 1. The van der Waals surface area contributed by atoms with E-state index in [-0.39, 0.29) is 18.2 Å². The SMILES string of the molecule is COc1ccc(N2C(=O)CC(Nc3ccccc3)C2=O)cc1. The van der Waals surface area contributed by atoms with E-state index in [2.05, 4.69) is 5.32 Å². The van der Waals surface area contributed by atoms with Crippen LogP contribution in [0, 0.1) is 0 Å². The lowest BCUT2D eigenvalue weighted by Gasteiger charge is -2.16. The average Bonchev–Trinajstić information content (AvgIpc) is 2.82. The summed E-state index contributed by atoms with van der Waals surface area (Å²) < 4.78 is 5.08. The molecule has 1 heterocycles. The van der Waals surface area contributed by atoms with Crippen molar-refractivity contribution < 1.29 is 14.3 Å². The lowest BCUT2D eigenvalue weighted by atomic mass is 10.2. The first-order chi connectivity index (χ1) is 10.7. The lowest BCUT2D eigenvalue weighted by molar-refractivity contribution is -0.121. The quantitative estimate of drug-likeness (QED) is 0.880. The second-order valence-corrected chi connectivity index (χ2v) is 5.03. The van der Waals surface area contributed by atoms with Gasteiger partial charge in [0.05, 0.1) is 19.2 Å². The Morgan fingerprint density at radius 3 is 2.36 bits per heavy atom. The summed E-state index contributed by atoms with van der Waals surface area (Å²) in [6.45, 7) is 0. The Kier molecular flexibility index (Phi) is 3.78. The zero-order chi connectivity index (χ0) is 15.5. The van der Waals surface area contributed by atoms with Crippen molar-refractivity contribution in [3.63, 3.8) is 0 Å². The van der Waals surface area contributed by atoms with Gasteiger partial charge < -0.3 is 10.1 Å². The van der Waals surface area contributed by atoms with Crippen LogP contribution in [0.5, 0.6) is 5.75 Å². The van der Waals surface area contributed by atoms with Crippen LogP contribution in [0.4, 0.5) is 11.4 Å². The van der Waals surface area contributed by atoms with Crippen LogP contribution >= 0.6 is 0 Å². The van der Waals surface area contributed by atoms with Gasteiger partial charge in [-0.1, -0.05) is 18.2 Å². The number of carbonyl (C=O) groups excluding carboxylic acids is 2. The molecule has 0 radical (unpaired) electrons. The molecule has 0 aromatic heterocycles. The van der Waals surface area contributed by atoms with E-state index in [0.717, 1.165) is 5.69 Å². The Morgan fingerprint density at radius 2 is 1.73 bits per heavy atom. The minimum absolute atomic E-state index is 0.153.